The first kappa shape index (κ1) is 35.2. The summed E-state index contributed by atoms with van der Waals surface area (Å²) in [6, 6.07) is 0. The highest BCUT2D eigenvalue weighted by Gasteiger charge is 2.14. The highest BCUT2D eigenvalue weighted by atomic mass is 16.5. The molecule has 0 amide bonds. The Kier molecular flexibility index (Phi) is 27.3. The summed E-state index contributed by atoms with van der Waals surface area (Å²) in [6.07, 6.45) is 35.8. The van der Waals surface area contributed by atoms with Gasteiger partial charge in [0.05, 0.1) is 0 Å². The van der Waals surface area contributed by atoms with Crippen LogP contribution in [0.3, 0.4) is 0 Å². The standard InChI is InChI=1S/C33H58O4/c1-3-5-7-9-10-11-12-13-14-15-16-17-18-20-26-30-33(36)37-31(27-23-19-8-6-4-2)28-24-21-22-25-29-32(34)35/h5,7,10-11,13-14,31H,3-4,6,8-9,12,15-30H2,1-2H3,(H,34,35)/b7-5-,11-10-,14-13-. The molecule has 1 N–H and O–H groups in total. The van der Waals surface area contributed by atoms with Crippen molar-refractivity contribution >= 4 is 11.9 Å². The van der Waals surface area contributed by atoms with Crippen LogP contribution in [-0.4, -0.2) is 23.1 Å². The van der Waals surface area contributed by atoms with Crippen LogP contribution in [-0.2, 0) is 14.3 Å². The Morgan fingerprint density at radius 2 is 1.14 bits per heavy atom. The maximum atomic E-state index is 12.4. The normalized spacial score (nSPS) is 12.7. The molecule has 37 heavy (non-hydrogen) atoms. The number of carboxylic acid groups (broad SMARTS) is 1. The predicted molar refractivity (Wildman–Crippen MR) is 158 cm³/mol. The van der Waals surface area contributed by atoms with Crippen molar-refractivity contribution in [3.8, 4) is 0 Å². The van der Waals surface area contributed by atoms with Crippen LogP contribution in [0, 0.1) is 0 Å². The number of allylic oxidation sites excluding steroid dienone is 6. The summed E-state index contributed by atoms with van der Waals surface area (Å²) in [5, 5.41) is 8.76. The SMILES string of the molecule is CC/C=C\C/C=C\C/C=C\CCCCCCCC(=O)OC(CCCCCCC)CCCCCCC(=O)O. The molecule has 0 heterocycles. The second-order valence-electron chi connectivity index (χ2n) is 10.3. The molecule has 0 radical (unpaired) electrons. The van der Waals surface area contributed by atoms with E-state index in [9.17, 15) is 9.59 Å². The molecule has 4 nitrogen and oxygen atoms in total. The van der Waals surface area contributed by atoms with Crippen LogP contribution in [0.2, 0.25) is 0 Å². The molecule has 4 heteroatoms. The Labute approximate surface area is 229 Å². The van der Waals surface area contributed by atoms with E-state index in [-0.39, 0.29) is 18.5 Å². The number of rotatable bonds is 27. The highest BCUT2D eigenvalue weighted by molar-refractivity contribution is 5.69. The number of hydrogen-bond donors (Lipinski definition) is 1. The fourth-order valence-corrected chi connectivity index (χ4v) is 4.37. The Hall–Kier alpha value is -1.84. The Balaban J connectivity index is 3.93. The molecule has 1 atom stereocenters. The minimum atomic E-state index is -0.717. The monoisotopic (exact) mass is 518 g/mol. The summed E-state index contributed by atoms with van der Waals surface area (Å²) < 4.78 is 5.87. The number of carbonyl (C=O) groups is 2. The third kappa shape index (κ3) is 28.6. The number of unbranched alkanes of at least 4 members (excludes halogenated alkanes) is 12. The van der Waals surface area contributed by atoms with E-state index in [1.807, 2.05) is 0 Å². The van der Waals surface area contributed by atoms with Gasteiger partial charge >= 0.3 is 11.9 Å². The average Bonchev–Trinajstić information content (AvgIpc) is 2.87. The molecule has 0 aliphatic heterocycles. The highest BCUT2D eigenvalue weighted by Crippen LogP contribution is 2.18. The fraction of sp³-hybridized carbons (Fsp3) is 0.758. The Morgan fingerprint density at radius 3 is 1.76 bits per heavy atom. The molecular weight excluding hydrogens is 460 g/mol. The molecule has 0 aliphatic carbocycles. The number of carbonyl (C=O) groups excluding carboxylic acids is 1. The Morgan fingerprint density at radius 1 is 0.622 bits per heavy atom. The lowest BCUT2D eigenvalue weighted by Crippen LogP contribution is -2.18. The van der Waals surface area contributed by atoms with Gasteiger partial charge in [-0.25, -0.2) is 0 Å². The summed E-state index contributed by atoms with van der Waals surface area (Å²) in [7, 11) is 0. The lowest BCUT2D eigenvalue weighted by atomic mass is 10.0. The number of ether oxygens (including phenoxy) is 1. The average molecular weight is 519 g/mol. The first-order valence-electron chi connectivity index (χ1n) is 15.5. The van der Waals surface area contributed by atoms with Gasteiger partial charge in [0.15, 0.2) is 0 Å². The summed E-state index contributed by atoms with van der Waals surface area (Å²) in [4.78, 5) is 23.1. The molecule has 214 valence electrons. The van der Waals surface area contributed by atoms with Gasteiger partial charge in [-0.3, -0.25) is 9.59 Å². The predicted octanol–water partition coefficient (Wildman–Crippen LogP) is 10.3. The van der Waals surface area contributed by atoms with Crippen molar-refractivity contribution in [2.24, 2.45) is 0 Å². The summed E-state index contributed by atoms with van der Waals surface area (Å²) >= 11 is 0. The second kappa shape index (κ2) is 28.7. The largest absolute Gasteiger partial charge is 0.481 e. The number of carboxylic acids is 1. The third-order valence-corrected chi connectivity index (χ3v) is 6.63. The number of aliphatic carboxylic acids is 1. The van der Waals surface area contributed by atoms with E-state index in [0.717, 1.165) is 83.5 Å². The van der Waals surface area contributed by atoms with Gasteiger partial charge in [0.1, 0.15) is 6.10 Å². The summed E-state index contributed by atoms with van der Waals surface area (Å²) in [6.45, 7) is 4.38. The van der Waals surface area contributed by atoms with Gasteiger partial charge in [-0.15, -0.1) is 0 Å². The zero-order chi connectivity index (χ0) is 27.2. The van der Waals surface area contributed by atoms with Crippen molar-refractivity contribution in [3.05, 3.63) is 36.5 Å². The second-order valence-corrected chi connectivity index (χ2v) is 10.3. The third-order valence-electron chi connectivity index (χ3n) is 6.63. The van der Waals surface area contributed by atoms with Crippen molar-refractivity contribution < 1.29 is 19.4 Å². The summed E-state index contributed by atoms with van der Waals surface area (Å²) in [5.74, 6) is -0.754. The molecule has 0 saturated heterocycles. The van der Waals surface area contributed by atoms with Crippen molar-refractivity contribution in [3.63, 3.8) is 0 Å². The molecule has 0 fully saturated rings. The van der Waals surface area contributed by atoms with Crippen molar-refractivity contribution in [2.45, 2.75) is 161 Å². The first-order chi connectivity index (χ1) is 18.1. The summed E-state index contributed by atoms with van der Waals surface area (Å²) in [5.41, 5.74) is 0. The topological polar surface area (TPSA) is 63.6 Å². The lowest BCUT2D eigenvalue weighted by Gasteiger charge is -2.18. The van der Waals surface area contributed by atoms with Gasteiger partial charge in [0.25, 0.3) is 0 Å². The van der Waals surface area contributed by atoms with Gasteiger partial charge in [-0.05, 0) is 70.6 Å². The van der Waals surface area contributed by atoms with Crippen molar-refractivity contribution in [2.75, 3.05) is 0 Å². The van der Waals surface area contributed by atoms with E-state index >= 15 is 0 Å². The fourth-order valence-electron chi connectivity index (χ4n) is 4.37. The van der Waals surface area contributed by atoms with Crippen LogP contribution in [0.15, 0.2) is 36.5 Å². The minimum absolute atomic E-state index is 0.0306. The molecule has 1 unspecified atom stereocenters. The van der Waals surface area contributed by atoms with E-state index < -0.39 is 5.97 Å². The Bertz CT molecular complexity index is 605. The molecule has 0 saturated carbocycles. The van der Waals surface area contributed by atoms with Crippen LogP contribution in [0.5, 0.6) is 0 Å². The van der Waals surface area contributed by atoms with Crippen LogP contribution in [0.4, 0.5) is 0 Å². The van der Waals surface area contributed by atoms with E-state index in [2.05, 4.69) is 50.3 Å². The van der Waals surface area contributed by atoms with Gasteiger partial charge < -0.3 is 9.84 Å². The van der Waals surface area contributed by atoms with Crippen LogP contribution in [0.1, 0.15) is 155 Å². The molecule has 0 aromatic carbocycles. The van der Waals surface area contributed by atoms with Gasteiger partial charge in [-0.2, -0.15) is 0 Å². The van der Waals surface area contributed by atoms with Crippen molar-refractivity contribution in [1.82, 2.24) is 0 Å². The first-order valence-corrected chi connectivity index (χ1v) is 15.5. The van der Waals surface area contributed by atoms with E-state index in [1.54, 1.807) is 0 Å². The van der Waals surface area contributed by atoms with Crippen LogP contribution >= 0.6 is 0 Å². The van der Waals surface area contributed by atoms with Crippen molar-refractivity contribution in [1.29, 1.82) is 0 Å². The molecule has 0 aromatic heterocycles. The maximum absolute atomic E-state index is 12.4. The lowest BCUT2D eigenvalue weighted by molar-refractivity contribution is -0.150. The quantitative estimate of drug-likeness (QED) is 0.0667. The minimum Gasteiger partial charge on any atom is -0.481 e. The van der Waals surface area contributed by atoms with Gasteiger partial charge in [-0.1, -0.05) is 108 Å². The van der Waals surface area contributed by atoms with Gasteiger partial charge in [0.2, 0.25) is 0 Å². The number of hydrogen-bond acceptors (Lipinski definition) is 3. The van der Waals surface area contributed by atoms with E-state index in [0.29, 0.717) is 6.42 Å². The molecule has 0 bridgehead atoms. The zero-order valence-corrected chi connectivity index (χ0v) is 24.3. The molecular formula is C33H58O4. The van der Waals surface area contributed by atoms with Crippen LogP contribution in [0.25, 0.3) is 0 Å². The van der Waals surface area contributed by atoms with Gasteiger partial charge in [0, 0.05) is 12.8 Å². The van der Waals surface area contributed by atoms with E-state index in [4.69, 9.17) is 9.84 Å². The zero-order valence-electron chi connectivity index (χ0n) is 24.3. The van der Waals surface area contributed by atoms with Crippen LogP contribution < -0.4 is 0 Å². The molecule has 0 aliphatic rings. The molecule has 0 spiro atoms. The van der Waals surface area contributed by atoms with E-state index in [1.165, 1.54) is 44.9 Å². The number of esters is 1. The maximum Gasteiger partial charge on any atom is 0.306 e. The molecule has 0 rings (SSSR count). The smallest absolute Gasteiger partial charge is 0.306 e. The molecule has 0 aromatic rings.